The predicted molar refractivity (Wildman–Crippen MR) is 187 cm³/mol. The van der Waals surface area contributed by atoms with E-state index in [0.29, 0.717) is 19.3 Å². The maximum atomic E-state index is 14.4. The molecule has 0 bridgehead atoms. The minimum absolute atomic E-state index is 0.00785. The molecule has 0 radical (unpaired) electrons. The van der Waals surface area contributed by atoms with Crippen molar-refractivity contribution >= 4 is 41.4 Å². The molecule has 2 saturated carbocycles. The van der Waals surface area contributed by atoms with Crippen molar-refractivity contribution in [3.05, 3.63) is 12.7 Å². The van der Waals surface area contributed by atoms with Crippen LogP contribution in [0.1, 0.15) is 107 Å². The van der Waals surface area contributed by atoms with Gasteiger partial charge >= 0.3 is 6.03 Å². The molecule has 6 atom stereocenters. The number of likely N-dealkylation sites (tertiary alicyclic amines) is 2. The van der Waals surface area contributed by atoms with E-state index in [9.17, 15) is 33.6 Å². The van der Waals surface area contributed by atoms with Crippen LogP contribution in [0.5, 0.6) is 0 Å². The Morgan fingerprint density at radius 3 is 2.02 bits per heavy atom. The first-order valence-corrected chi connectivity index (χ1v) is 18.0. The van der Waals surface area contributed by atoms with E-state index >= 15 is 0 Å². The fraction of sp³-hybridized carbons (Fsp3) is 0.757. The zero-order valence-electron chi connectivity index (χ0n) is 31.4. The fourth-order valence-electron chi connectivity index (χ4n) is 7.21. The van der Waals surface area contributed by atoms with Gasteiger partial charge in [-0.2, -0.15) is 0 Å². The van der Waals surface area contributed by atoms with Crippen molar-refractivity contribution in [2.45, 2.75) is 137 Å². The third-order valence-corrected chi connectivity index (χ3v) is 10.7. The molecule has 4 aliphatic rings. The van der Waals surface area contributed by atoms with Gasteiger partial charge < -0.3 is 26.2 Å². The van der Waals surface area contributed by atoms with Crippen LogP contribution < -0.4 is 21.3 Å². The zero-order chi connectivity index (χ0) is 37.6. The first-order valence-electron chi connectivity index (χ1n) is 18.0. The second-order valence-corrected chi connectivity index (χ2v) is 17.8. The van der Waals surface area contributed by atoms with E-state index < -0.39 is 75.4 Å². The zero-order valence-corrected chi connectivity index (χ0v) is 31.4. The highest BCUT2D eigenvalue weighted by molar-refractivity contribution is 6.41. The molecule has 0 aromatic carbocycles. The number of piperidine rings is 1. The van der Waals surface area contributed by atoms with Crippen LogP contribution in [0.2, 0.25) is 0 Å². The fourth-order valence-corrected chi connectivity index (χ4v) is 7.21. The third kappa shape index (κ3) is 8.57. The van der Waals surface area contributed by atoms with Gasteiger partial charge in [-0.15, -0.1) is 6.58 Å². The van der Waals surface area contributed by atoms with E-state index in [2.05, 4.69) is 27.8 Å². The number of imide groups is 1. The summed E-state index contributed by atoms with van der Waals surface area (Å²) in [5, 5.41) is 11.4. The molecule has 4 rings (SSSR count). The average molecular weight is 699 g/mol. The lowest BCUT2D eigenvalue weighted by molar-refractivity contribution is -0.153. The van der Waals surface area contributed by atoms with Crippen molar-refractivity contribution in [2.75, 3.05) is 13.1 Å². The summed E-state index contributed by atoms with van der Waals surface area (Å²) in [6.45, 7) is 20.9. The van der Waals surface area contributed by atoms with Crippen LogP contribution in [-0.4, -0.2) is 93.9 Å². The largest absolute Gasteiger partial charge is 0.347 e. The number of carbonyl (C=O) groups excluding carboxylic acids is 7. The summed E-state index contributed by atoms with van der Waals surface area (Å²) in [7, 11) is 0. The quantitative estimate of drug-likeness (QED) is 0.138. The second kappa shape index (κ2) is 14.1. The summed E-state index contributed by atoms with van der Waals surface area (Å²) in [4.78, 5) is 96.7. The molecular formula is C37H58N6O7. The van der Waals surface area contributed by atoms with Crippen molar-refractivity contribution in [1.82, 2.24) is 31.1 Å². The Hall–Kier alpha value is -3.77. The van der Waals surface area contributed by atoms with E-state index in [1.54, 1.807) is 6.08 Å². The molecule has 278 valence electrons. The van der Waals surface area contributed by atoms with Gasteiger partial charge in [0.1, 0.15) is 17.6 Å². The van der Waals surface area contributed by atoms with Crippen molar-refractivity contribution in [3.8, 4) is 0 Å². The molecule has 50 heavy (non-hydrogen) atoms. The molecule has 0 aromatic heterocycles. The molecule has 2 aliphatic carbocycles. The van der Waals surface area contributed by atoms with Crippen LogP contribution in [-0.2, 0) is 28.8 Å². The topological polar surface area (TPSA) is 174 Å². The summed E-state index contributed by atoms with van der Waals surface area (Å²) < 4.78 is 0. The normalized spacial score (nSPS) is 27.6. The summed E-state index contributed by atoms with van der Waals surface area (Å²) >= 11 is 0. The number of amides is 7. The Morgan fingerprint density at radius 1 is 0.940 bits per heavy atom. The predicted octanol–water partition coefficient (Wildman–Crippen LogP) is 2.83. The van der Waals surface area contributed by atoms with Crippen LogP contribution in [0.15, 0.2) is 12.7 Å². The smallest absolute Gasteiger partial charge is 0.315 e. The maximum absolute atomic E-state index is 14.4. The van der Waals surface area contributed by atoms with E-state index in [0.717, 1.165) is 12.8 Å². The monoisotopic (exact) mass is 698 g/mol. The Balaban J connectivity index is 1.51. The molecule has 7 amide bonds. The minimum Gasteiger partial charge on any atom is -0.347 e. The van der Waals surface area contributed by atoms with Crippen LogP contribution in [0.3, 0.4) is 0 Å². The minimum atomic E-state index is -1.32. The number of ketones is 1. The van der Waals surface area contributed by atoms with Crippen molar-refractivity contribution < 1.29 is 33.6 Å². The highest BCUT2D eigenvalue weighted by Crippen LogP contribution is 2.47. The lowest BCUT2D eigenvalue weighted by atomic mass is 9.80. The highest BCUT2D eigenvalue weighted by atomic mass is 16.2. The van der Waals surface area contributed by atoms with Crippen LogP contribution >= 0.6 is 0 Å². The van der Waals surface area contributed by atoms with Gasteiger partial charge in [0.05, 0.1) is 6.04 Å². The number of nitrogens with zero attached hydrogens (tertiary/aromatic N) is 2. The molecule has 13 heteroatoms. The van der Waals surface area contributed by atoms with Gasteiger partial charge in [-0.25, -0.2) is 4.79 Å². The second-order valence-electron chi connectivity index (χ2n) is 17.8. The molecule has 4 fully saturated rings. The standard InChI is InChI=1S/C37H58N6O7/c1-11-21-15-16-42(27(21)30(47)41-37(17-22(37)12-2)29(46)31(48)38-23-13-14-23)32(49)28(35(6,7)8)40-33(50)39-24(34(3,4)5)20-43-25(44)18-36(9,10)19-26(43)45/h11,21-24,27-28H,1,12-20H2,2-10H3,(H,38,48)(H,41,47)(H2,39,40,50)/t21-,22-,24+,27-,28+,37+/m0/s1. The lowest BCUT2D eigenvalue weighted by Gasteiger charge is -2.40. The summed E-state index contributed by atoms with van der Waals surface area (Å²) in [6.07, 6.45) is 5.12. The lowest BCUT2D eigenvalue weighted by Crippen LogP contribution is -2.63. The molecule has 4 N–H and O–H groups in total. The van der Waals surface area contributed by atoms with Gasteiger partial charge in [0, 0.05) is 37.9 Å². The Bertz CT molecular complexity index is 1400. The van der Waals surface area contributed by atoms with E-state index in [4.69, 9.17) is 0 Å². The number of carbonyl (C=O) groups is 7. The van der Waals surface area contributed by atoms with E-state index in [-0.39, 0.29) is 49.7 Å². The summed E-state index contributed by atoms with van der Waals surface area (Å²) in [6, 6.07) is -3.34. The third-order valence-electron chi connectivity index (χ3n) is 10.7. The highest BCUT2D eigenvalue weighted by Gasteiger charge is 2.63. The molecule has 0 spiro atoms. The Labute approximate surface area is 296 Å². The first kappa shape index (κ1) is 39.0. The van der Waals surface area contributed by atoms with Gasteiger partial charge in [0.2, 0.25) is 29.4 Å². The van der Waals surface area contributed by atoms with Crippen LogP contribution in [0.4, 0.5) is 4.79 Å². The van der Waals surface area contributed by atoms with Gasteiger partial charge in [-0.05, 0) is 47.8 Å². The molecule has 2 saturated heterocycles. The number of Topliss-reactive ketones (excluding diaryl/α,β-unsaturated/α-hetero) is 1. The molecular weight excluding hydrogens is 640 g/mol. The Kier molecular flexibility index (Phi) is 11.0. The average Bonchev–Trinajstić information content (AvgIpc) is 3.90. The Morgan fingerprint density at radius 2 is 1.54 bits per heavy atom. The molecule has 2 aliphatic heterocycles. The molecule has 0 unspecified atom stereocenters. The maximum Gasteiger partial charge on any atom is 0.315 e. The number of hydrogen-bond donors (Lipinski definition) is 4. The van der Waals surface area contributed by atoms with E-state index in [1.807, 2.05) is 62.3 Å². The van der Waals surface area contributed by atoms with Crippen molar-refractivity contribution in [3.63, 3.8) is 0 Å². The van der Waals surface area contributed by atoms with Gasteiger partial charge in [0.15, 0.2) is 0 Å². The van der Waals surface area contributed by atoms with Crippen molar-refractivity contribution in [2.24, 2.45) is 28.1 Å². The molecule has 0 aromatic rings. The first-order chi connectivity index (χ1) is 23.0. The van der Waals surface area contributed by atoms with Gasteiger partial charge in [-0.3, -0.25) is 33.7 Å². The van der Waals surface area contributed by atoms with Crippen LogP contribution in [0, 0.1) is 28.1 Å². The molecule has 13 nitrogen and oxygen atoms in total. The summed E-state index contributed by atoms with van der Waals surface area (Å²) in [5.41, 5.74) is -3.09. The van der Waals surface area contributed by atoms with Gasteiger partial charge in [0.25, 0.3) is 5.91 Å². The van der Waals surface area contributed by atoms with E-state index in [1.165, 1.54) is 9.80 Å². The number of rotatable bonds is 12. The summed E-state index contributed by atoms with van der Waals surface area (Å²) in [5.74, 6) is -3.54. The molecule has 2 heterocycles. The van der Waals surface area contributed by atoms with Gasteiger partial charge in [-0.1, -0.05) is 74.8 Å². The van der Waals surface area contributed by atoms with Crippen LogP contribution in [0.25, 0.3) is 0 Å². The number of nitrogens with one attached hydrogen (secondary N) is 4. The van der Waals surface area contributed by atoms with Crippen molar-refractivity contribution in [1.29, 1.82) is 0 Å². The number of urea groups is 1. The SMILES string of the molecule is C=C[C@H]1CCN(C(=O)[C@@H](NC(=O)N[C@H](CN2C(=O)CC(C)(C)CC2=O)C(C)(C)C)C(C)(C)C)[C@@H]1C(=O)N[C@]1(C(=O)C(=O)NC2CC2)C[C@@H]1CC. The number of hydrogen-bond acceptors (Lipinski definition) is 7.